The van der Waals surface area contributed by atoms with Crippen molar-refractivity contribution in [3.8, 4) is 0 Å². The number of hydrogen-bond donors (Lipinski definition) is 2. The molecular formula is C16H25Cl2N3O2. The van der Waals surface area contributed by atoms with Crippen molar-refractivity contribution in [2.24, 2.45) is 0 Å². The minimum Gasteiger partial charge on any atom is -0.351 e. The first-order valence-corrected chi connectivity index (χ1v) is 7.99. The molecule has 1 aromatic rings. The number of hydrogen-bond acceptors (Lipinski definition) is 3. The highest BCUT2D eigenvalue weighted by molar-refractivity contribution is 6.34. The molecule has 5 nitrogen and oxygen atoms in total. The summed E-state index contributed by atoms with van der Waals surface area (Å²) in [5.74, 6) is -0.277. The SMILES string of the molecule is CCC(=O)Nc1ccc(C(=O)NCCN(CC)CC)cc1Cl.Cl. The zero-order chi connectivity index (χ0) is 16.5. The molecule has 2 N–H and O–H groups in total. The molecule has 0 radical (unpaired) electrons. The third-order valence-electron chi connectivity index (χ3n) is 3.43. The molecule has 0 aliphatic carbocycles. The van der Waals surface area contributed by atoms with E-state index in [-0.39, 0.29) is 24.2 Å². The second-order valence-corrected chi connectivity index (χ2v) is 5.29. The van der Waals surface area contributed by atoms with Crippen LogP contribution in [-0.2, 0) is 4.79 Å². The van der Waals surface area contributed by atoms with Gasteiger partial charge in [0.05, 0.1) is 10.7 Å². The summed E-state index contributed by atoms with van der Waals surface area (Å²) in [4.78, 5) is 25.7. The Hall–Kier alpha value is -1.30. The largest absolute Gasteiger partial charge is 0.351 e. The summed E-state index contributed by atoms with van der Waals surface area (Å²) in [5, 5.41) is 5.92. The van der Waals surface area contributed by atoms with Crippen LogP contribution in [-0.4, -0.2) is 42.9 Å². The molecule has 1 aromatic carbocycles. The van der Waals surface area contributed by atoms with Crippen molar-refractivity contribution in [2.75, 3.05) is 31.5 Å². The topological polar surface area (TPSA) is 61.4 Å². The number of carbonyl (C=O) groups excluding carboxylic acids is 2. The van der Waals surface area contributed by atoms with Crippen molar-refractivity contribution in [3.63, 3.8) is 0 Å². The monoisotopic (exact) mass is 361 g/mol. The molecule has 7 heteroatoms. The summed E-state index contributed by atoms with van der Waals surface area (Å²) in [6.45, 7) is 9.28. The van der Waals surface area contributed by atoms with E-state index >= 15 is 0 Å². The summed E-state index contributed by atoms with van der Waals surface area (Å²) in [5.41, 5.74) is 1.01. The number of amides is 2. The lowest BCUT2D eigenvalue weighted by Gasteiger charge is -2.18. The predicted octanol–water partition coefficient (Wildman–Crippen LogP) is 3.18. The standard InChI is InChI=1S/C16H24ClN3O2.ClH/c1-4-15(21)19-14-8-7-12(11-13(14)17)16(22)18-9-10-20(5-2)6-3;/h7-8,11H,4-6,9-10H2,1-3H3,(H,18,22)(H,19,21);1H. The Morgan fingerprint density at radius 2 is 1.83 bits per heavy atom. The highest BCUT2D eigenvalue weighted by atomic mass is 35.5. The lowest BCUT2D eigenvalue weighted by molar-refractivity contribution is -0.115. The molecule has 0 saturated carbocycles. The van der Waals surface area contributed by atoms with E-state index in [1.807, 2.05) is 0 Å². The molecule has 23 heavy (non-hydrogen) atoms. The molecule has 130 valence electrons. The Bertz CT molecular complexity index is 520. The van der Waals surface area contributed by atoms with Crippen LogP contribution < -0.4 is 10.6 Å². The third-order valence-corrected chi connectivity index (χ3v) is 3.75. The van der Waals surface area contributed by atoms with E-state index < -0.39 is 0 Å². The van der Waals surface area contributed by atoms with Gasteiger partial charge in [0.2, 0.25) is 5.91 Å². The normalized spacial score (nSPS) is 10.1. The van der Waals surface area contributed by atoms with Crippen molar-refractivity contribution in [3.05, 3.63) is 28.8 Å². The van der Waals surface area contributed by atoms with E-state index in [1.54, 1.807) is 25.1 Å². The minimum atomic E-state index is -0.164. The fourth-order valence-corrected chi connectivity index (χ4v) is 2.19. The highest BCUT2D eigenvalue weighted by Crippen LogP contribution is 2.23. The van der Waals surface area contributed by atoms with Gasteiger partial charge in [0.25, 0.3) is 5.91 Å². The molecule has 0 spiro atoms. The van der Waals surface area contributed by atoms with Crippen LogP contribution in [0.5, 0.6) is 0 Å². The number of nitrogens with zero attached hydrogens (tertiary/aromatic N) is 1. The molecule has 0 atom stereocenters. The van der Waals surface area contributed by atoms with Crippen molar-refractivity contribution in [1.29, 1.82) is 0 Å². The van der Waals surface area contributed by atoms with Crippen LogP contribution in [0.2, 0.25) is 5.02 Å². The zero-order valence-corrected chi connectivity index (χ0v) is 15.4. The third kappa shape index (κ3) is 7.20. The van der Waals surface area contributed by atoms with Crippen LogP contribution in [0.4, 0.5) is 5.69 Å². The average molecular weight is 362 g/mol. The molecule has 0 fully saturated rings. The van der Waals surface area contributed by atoms with Crippen molar-refractivity contribution < 1.29 is 9.59 Å². The minimum absolute atomic E-state index is 0. The fraction of sp³-hybridized carbons (Fsp3) is 0.500. The van der Waals surface area contributed by atoms with Crippen LogP contribution in [0.15, 0.2) is 18.2 Å². The second-order valence-electron chi connectivity index (χ2n) is 4.88. The summed E-state index contributed by atoms with van der Waals surface area (Å²) in [6, 6.07) is 4.87. The van der Waals surface area contributed by atoms with Crippen LogP contribution >= 0.6 is 24.0 Å². The molecule has 0 bridgehead atoms. The number of anilines is 1. The maximum atomic E-state index is 12.1. The molecule has 0 aliphatic rings. The molecule has 0 aliphatic heterocycles. The van der Waals surface area contributed by atoms with E-state index in [9.17, 15) is 9.59 Å². The van der Waals surface area contributed by atoms with Gasteiger partial charge in [-0.05, 0) is 31.3 Å². The summed E-state index contributed by atoms with van der Waals surface area (Å²) in [7, 11) is 0. The van der Waals surface area contributed by atoms with Gasteiger partial charge in [-0.3, -0.25) is 9.59 Å². The quantitative estimate of drug-likeness (QED) is 0.747. The summed E-state index contributed by atoms with van der Waals surface area (Å²) < 4.78 is 0. The molecule has 1 rings (SSSR count). The second kappa shape index (κ2) is 11.3. The van der Waals surface area contributed by atoms with Gasteiger partial charge in [-0.1, -0.05) is 32.4 Å². The van der Waals surface area contributed by atoms with Crippen molar-refractivity contribution in [1.82, 2.24) is 10.2 Å². The van der Waals surface area contributed by atoms with E-state index in [4.69, 9.17) is 11.6 Å². The maximum Gasteiger partial charge on any atom is 0.251 e. The van der Waals surface area contributed by atoms with Crippen LogP contribution in [0.1, 0.15) is 37.6 Å². The molecule has 2 amide bonds. The number of benzene rings is 1. The number of nitrogens with one attached hydrogen (secondary N) is 2. The van der Waals surface area contributed by atoms with Gasteiger partial charge in [0.15, 0.2) is 0 Å². The lowest BCUT2D eigenvalue weighted by atomic mass is 10.2. The van der Waals surface area contributed by atoms with Gasteiger partial charge < -0.3 is 15.5 Å². The van der Waals surface area contributed by atoms with Gasteiger partial charge in [0, 0.05) is 25.1 Å². The Balaban J connectivity index is 0.00000484. The van der Waals surface area contributed by atoms with Gasteiger partial charge in [-0.15, -0.1) is 12.4 Å². The van der Waals surface area contributed by atoms with Gasteiger partial charge in [-0.2, -0.15) is 0 Å². The first kappa shape index (κ1) is 21.7. The Morgan fingerprint density at radius 3 is 2.35 bits per heavy atom. The fourth-order valence-electron chi connectivity index (χ4n) is 1.97. The van der Waals surface area contributed by atoms with Crippen molar-refractivity contribution >= 4 is 41.5 Å². The molecule has 0 unspecified atom stereocenters. The molecule has 0 saturated heterocycles. The maximum absolute atomic E-state index is 12.1. The summed E-state index contributed by atoms with van der Waals surface area (Å²) in [6.07, 6.45) is 0.379. The number of rotatable bonds is 8. The first-order chi connectivity index (χ1) is 10.5. The van der Waals surface area contributed by atoms with E-state index in [1.165, 1.54) is 0 Å². The van der Waals surface area contributed by atoms with Crippen LogP contribution in [0, 0.1) is 0 Å². The number of carbonyl (C=O) groups is 2. The number of likely N-dealkylation sites (N-methyl/N-ethyl adjacent to an activating group) is 1. The van der Waals surface area contributed by atoms with Gasteiger partial charge in [0.1, 0.15) is 0 Å². The van der Waals surface area contributed by atoms with E-state index in [0.717, 1.165) is 19.6 Å². The van der Waals surface area contributed by atoms with E-state index in [2.05, 4.69) is 29.4 Å². The van der Waals surface area contributed by atoms with E-state index in [0.29, 0.717) is 29.2 Å². The van der Waals surface area contributed by atoms with Gasteiger partial charge in [-0.25, -0.2) is 0 Å². The van der Waals surface area contributed by atoms with Crippen molar-refractivity contribution in [2.45, 2.75) is 27.2 Å². The van der Waals surface area contributed by atoms with Crippen LogP contribution in [0.25, 0.3) is 0 Å². The average Bonchev–Trinajstić information content (AvgIpc) is 2.53. The zero-order valence-electron chi connectivity index (χ0n) is 13.8. The highest BCUT2D eigenvalue weighted by Gasteiger charge is 2.10. The lowest BCUT2D eigenvalue weighted by Crippen LogP contribution is -2.34. The smallest absolute Gasteiger partial charge is 0.251 e. The molecule has 0 heterocycles. The molecule has 0 aromatic heterocycles. The van der Waals surface area contributed by atoms with Gasteiger partial charge >= 0.3 is 0 Å². The van der Waals surface area contributed by atoms with Crippen LogP contribution in [0.3, 0.4) is 0 Å². The Kier molecular flexibility index (Phi) is 10.6. The predicted molar refractivity (Wildman–Crippen MR) is 97.7 cm³/mol. The Morgan fingerprint density at radius 1 is 1.17 bits per heavy atom. The number of halogens is 2. The first-order valence-electron chi connectivity index (χ1n) is 7.61. The Labute approximate surface area is 149 Å². The molecular weight excluding hydrogens is 337 g/mol. The summed E-state index contributed by atoms with van der Waals surface area (Å²) >= 11 is 6.10.